The Bertz CT molecular complexity index is 428. The molecule has 0 aliphatic carbocycles. The maximum Gasteiger partial charge on any atom is 0.222 e. The first-order valence-electron chi connectivity index (χ1n) is 6.77. The van der Waals surface area contributed by atoms with E-state index in [9.17, 15) is 4.79 Å². The van der Waals surface area contributed by atoms with Crippen molar-refractivity contribution in [2.24, 2.45) is 0 Å². The van der Waals surface area contributed by atoms with Gasteiger partial charge in [-0.1, -0.05) is 6.92 Å². The smallest absolute Gasteiger partial charge is 0.222 e. The van der Waals surface area contributed by atoms with Gasteiger partial charge in [0.05, 0.1) is 7.11 Å². The van der Waals surface area contributed by atoms with E-state index in [1.165, 1.54) is 0 Å². The van der Waals surface area contributed by atoms with Crippen LogP contribution in [0.5, 0.6) is 5.75 Å². The van der Waals surface area contributed by atoms with Crippen LogP contribution in [-0.4, -0.2) is 49.1 Å². The highest BCUT2D eigenvalue weighted by Crippen LogP contribution is 2.19. The van der Waals surface area contributed by atoms with Gasteiger partial charge >= 0.3 is 0 Å². The number of aromatic nitrogens is 1. The van der Waals surface area contributed by atoms with Crippen LogP contribution in [0.2, 0.25) is 0 Å². The van der Waals surface area contributed by atoms with Gasteiger partial charge in [0.1, 0.15) is 11.6 Å². The van der Waals surface area contributed by atoms with Crippen molar-refractivity contribution < 1.29 is 9.53 Å². The van der Waals surface area contributed by atoms with Crippen LogP contribution in [0.1, 0.15) is 19.8 Å². The van der Waals surface area contributed by atoms with E-state index < -0.39 is 0 Å². The average Bonchev–Trinajstić information content (AvgIpc) is 2.48. The summed E-state index contributed by atoms with van der Waals surface area (Å²) in [6, 6.07) is 3.77. The molecule has 1 aliphatic heterocycles. The number of carbonyl (C=O) groups excluding carboxylic acids is 1. The van der Waals surface area contributed by atoms with Crippen molar-refractivity contribution in [3.8, 4) is 5.75 Å². The molecule has 0 saturated carbocycles. The zero-order chi connectivity index (χ0) is 13.7. The van der Waals surface area contributed by atoms with Crippen LogP contribution < -0.4 is 9.64 Å². The second-order valence-corrected chi connectivity index (χ2v) is 4.67. The molecule has 0 spiro atoms. The Balaban J connectivity index is 1.94. The highest BCUT2D eigenvalue weighted by Gasteiger charge is 2.21. The molecule has 19 heavy (non-hydrogen) atoms. The summed E-state index contributed by atoms with van der Waals surface area (Å²) in [5, 5.41) is 0. The molecule has 1 fully saturated rings. The summed E-state index contributed by atoms with van der Waals surface area (Å²) in [7, 11) is 1.65. The molecule has 2 rings (SSSR count). The minimum Gasteiger partial charge on any atom is -0.497 e. The SMILES string of the molecule is CCCC(=O)N1CCN(c2cc(OC)ccn2)CC1. The molecule has 0 atom stereocenters. The number of hydrogen-bond acceptors (Lipinski definition) is 4. The molecule has 1 aliphatic rings. The quantitative estimate of drug-likeness (QED) is 0.826. The average molecular weight is 263 g/mol. The summed E-state index contributed by atoms with van der Waals surface area (Å²) < 4.78 is 5.21. The number of amides is 1. The Labute approximate surface area is 114 Å². The predicted octanol–water partition coefficient (Wildman–Crippen LogP) is 1.54. The van der Waals surface area contributed by atoms with Crippen LogP contribution in [0.25, 0.3) is 0 Å². The normalized spacial score (nSPS) is 15.5. The van der Waals surface area contributed by atoms with E-state index in [0.29, 0.717) is 6.42 Å². The van der Waals surface area contributed by atoms with Crippen LogP contribution in [0.4, 0.5) is 5.82 Å². The van der Waals surface area contributed by atoms with Gasteiger partial charge in [-0.2, -0.15) is 0 Å². The number of pyridine rings is 1. The first-order chi connectivity index (χ1) is 9.24. The fourth-order valence-corrected chi connectivity index (χ4v) is 2.26. The van der Waals surface area contributed by atoms with Gasteiger partial charge in [0.15, 0.2) is 0 Å². The van der Waals surface area contributed by atoms with Gasteiger partial charge in [-0.05, 0) is 12.5 Å². The maximum absolute atomic E-state index is 11.8. The lowest BCUT2D eigenvalue weighted by molar-refractivity contribution is -0.131. The van der Waals surface area contributed by atoms with Gasteiger partial charge in [0.25, 0.3) is 0 Å². The van der Waals surface area contributed by atoms with Gasteiger partial charge in [0, 0.05) is 44.9 Å². The predicted molar refractivity (Wildman–Crippen MR) is 74.5 cm³/mol. The molecule has 0 aromatic carbocycles. The van der Waals surface area contributed by atoms with Crippen LogP contribution in [0.15, 0.2) is 18.3 Å². The highest BCUT2D eigenvalue weighted by molar-refractivity contribution is 5.76. The Morgan fingerprint density at radius 2 is 2.11 bits per heavy atom. The Morgan fingerprint density at radius 3 is 2.74 bits per heavy atom. The molecule has 1 amide bonds. The van der Waals surface area contributed by atoms with E-state index in [2.05, 4.69) is 9.88 Å². The summed E-state index contributed by atoms with van der Waals surface area (Å²) in [4.78, 5) is 20.3. The second-order valence-electron chi connectivity index (χ2n) is 4.67. The van der Waals surface area contributed by atoms with E-state index in [0.717, 1.165) is 44.2 Å². The van der Waals surface area contributed by atoms with Crippen molar-refractivity contribution in [3.05, 3.63) is 18.3 Å². The third-order valence-corrected chi connectivity index (χ3v) is 3.37. The lowest BCUT2D eigenvalue weighted by Gasteiger charge is -2.35. The van der Waals surface area contributed by atoms with Gasteiger partial charge in [0.2, 0.25) is 5.91 Å². The Hall–Kier alpha value is -1.78. The molecule has 104 valence electrons. The zero-order valence-electron chi connectivity index (χ0n) is 11.6. The van der Waals surface area contributed by atoms with Crippen molar-refractivity contribution in [3.63, 3.8) is 0 Å². The molecule has 1 saturated heterocycles. The minimum atomic E-state index is 0.265. The summed E-state index contributed by atoms with van der Waals surface area (Å²) in [5.41, 5.74) is 0. The number of methoxy groups -OCH3 is 1. The standard InChI is InChI=1S/C14H21N3O2/c1-3-4-14(18)17-9-7-16(8-10-17)13-11-12(19-2)5-6-15-13/h5-6,11H,3-4,7-10H2,1-2H3. The summed E-state index contributed by atoms with van der Waals surface area (Å²) >= 11 is 0. The number of rotatable bonds is 4. The summed E-state index contributed by atoms with van der Waals surface area (Å²) in [6.45, 7) is 5.25. The molecule has 0 bridgehead atoms. The van der Waals surface area contributed by atoms with Crippen molar-refractivity contribution in [1.29, 1.82) is 0 Å². The molecule has 5 nitrogen and oxygen atoms in total. The third-order valence-electron chi connectivity index (χ3n) is 3.37. The fourth-order valence-electron chi connectivity index (χ4n) is 2.26. The zero-order valence-corrected chi connectivity index (χ0v) is 11.6. The summed E-state index contributed by atoms with van der Waals surface area (Å²) in [6.07, 6.45) is 3.32. The number of hydrogen-bond donors (Lipinski definition) is 0. The first kappa shape index (κ1) is 13.6. The molecule has 0 radical (unpaired) electrons. The van der Waals surface area contributed by atoms with E-state index >= 15 is 0 Å². The van der Waals surface area contributed by atoms with Gasteiger partial charge in [-0.3, -0.25) is 4.79 Å². The first-order valence-corrected chi connectivity index (χ1v) is 6.77. The third kappa shape index (κ3) is 3.36. The largest absolute Gasteiger partial charge is 0.497 e. The fraction of sp³-hybridized carbons (Fsp3) is 0.571. The second kappa shape index (κ2) is 6.41. The number of nitrogens with zero attached hydrogens (tertiary/aromatic N) is 3. The molecular formula is C14H21N3O2. The number of carbonyl (C=O) groups is 1. The van der Waals surface area contributed by atoms with Crippen LogP contribution in [-0.2, 0) is 4.79 Å². The molecular weight excluding hydrogens is 242 g/mol. The molecule has 1 aromatic heterocycles. The van der Waals surface area contributed by atoms with Crippen LogP contribution >= 0.6 is 0 Å². The van der Waals surface area contributed by atoms with Gasteiger partial charge in [-0.15, -0.1) is 0 Å². The van der Waals surface area contributed by atoms with Crippen LogP contribution in [0, 0.1) is 0 Å². The van der Waals surface area contributed by atoms with Gasteiger partial charge in [-0.25, -0.2) is 4.98 Å². The van der Waals surface area contributed by atoms with E-state index in [1.54, 1.807) is 13.3 Å². The summed E-state index contributed by atoms with van der Waals surface area (Å²) in [5.74, 6) is 2.00. The molecule has 1 aromatic rings. The van der Waals surface area contributed by atoms with Crippen LogP contribution in [0.3, 0.4) is 0 Å². The lowest BCUT2D eigenvalue weighted by Crippen LogP contribution is -2.49. The Kier molecular flexibility index (Phi) is 4.60. The molecule has 0 unspecified atom stereocenters. The number of anilines is 1. The van der Waals surface area contributed by atoms with E-state index in [-0.39, 0.29) is 5.91 Å². The Morgan fingerprint density at radius 1 is 1.37 bits per heavy atom. The lowest BCUT2D eigenvalue weighted by atomic mass is 10.2. The van der Waals surface area contributed by atoms with E-state index in [1.807, 2.05) is 24.0 Å². The van der Waals surface area contributed by atoms with Crippen molar-refractivity contribution in [1.82, 2.24) is 9.88 Å². The van der Waals surface area contributed by atoms with Crippen molar-refractivity contribution in [2.75, 3.05) is 38.2 Å². The van der Waals surface area contributed by atoms with Crippen molar-refractivity contribution >= 4 is 11.7 Å². The van der Waals surface area contributed by atoms with E-state index in [4.69, 9.17) is 4.74 Å². The van der Waals surface area contributed by atoms with Gasteiger partial charge < -0.3 is 14.5 Å². The highest BCUT2D eigenvalue weighted by atomic mass is 16.5. The molecule has 2 heterocycles. The number of piperazine rings is 1. The monoisotopic (exact) mass is 263 g/mol. The minimum absolute atomic E-state index is 0.265. The molecule has 0 N–H and O–H groups in total. The number of ether oxygens (including phenoxy) is 1. The maximum atomic E-state index is 11.8. The van der Waals surface area contributed by atoms with Crippen molar-refractivity contribution in [2.45, 2.75) is 19.8 Å². The topological polar surface area (TPSA) is 45.7 Å². The molecule has 5 heteroatoms.